The highest BCUT2D eigenvalue weighted by Gasteiger charge is 2.26. The van der Waals surface area contributed by atoms with Crippen LogP contribution in [0.15, 0.2) is 4.79 Å². The fourth-order valence-corrected chi connectivity index (χ4v) is 4.36. The molecule has 0 saturated carbocycles. The molecule has 9 nitrogen and oxygen atoms in total. The zero-order valence-corrected chi connectivity index (χ0v) is 17.5. The van der Waals surface area contributed by atoms with Gasteiger partial charge in [-0.2, -0.15) is 0 Å². The Bertz CT molecular complexity index is 1030. The second-order valence-electron chi connectivity index (χ2n) is 6.93. The molecule has 29 heavy (non-hydrogen) atoms. The number of urea groups is 1. The van der Waals surface area contributed by atoms with E-state index in [1.54, 1.807) is 18.4 Å². The summed E-state index contributed by atoms with van der Waals surface area (Å²) in [6, 6.07) is -0.655. The molecule has 1 aliphatic heterocycles. The molecule has 0 saturated heterocycles. The van der Waals surface area contributed by atoms with Crippen molar-refractivity contribution in [3.63, 3.8) is 0 Å². The van der Waals surface area contributed by atoms with Crippen molar-refractivity contribution in [2.45, 2.75) is 59.1 Å². The van der Waals surface area contributed by atoms with E-state index in [4.69, 9.17) is 4.74 Å². The van der Waals surface area contributed by atoms with E-state index in [-0.39, 0.29) is 10.4 Å². The SMILES string of the molecule is CCNC(=O)NC(=O)[C@@H](C)OC(=O)c1sc2nc3n(c(=O)c2c1C)CCCCC3. The van der Waals surface area contributed by atoms with Crippen molar-refractivity contribution in [2.24, 2.45) is 0 Å². The smallest absolute Gasteiger partial charge is 0.349 e. The van der Waals surface area contributed by atoms with Crippen LogP contribution in [-0.2, 0) is 22.5 Å². The lowest BCUT2D eigenvalue weighted by Crippen LogP contribution is -2.44. The summed E-state index contributed by atoms with van der Waals surface area (Å²) in [4.78, 5) is 54.4. The first-order valence-electron chi connectivity index (χ1n) is 9.66. The van der Waals surface area contributed by atoms with Gasteiger partial charge in [-0.05, 0) is 39.2 Å². The van der Waals surface area contributed by atoms with E-state index in [2.05, 4.69) is 15.6 Å². The molecular formula is C19H24N4O5S. The van der Waals surface area contributed by atoms with Crippen LogP contribution in [0.4, 0.5) is 4.79 Å². The standard InChI is InChI=1S/C19H24N4O5S/c1-4-20-19(27)22-15(24)11(3)28-18(26)14-10(2)13-16(29-14)21-12-8-6-5-7-9-23(12)17(13)25/h11H,4-9H2,1-3H3,(H2,20,22,24,27)/t11-/m1/s1. The summed E-state index contributed by atoms with van der Waals surface area (Å²) in [7, 11) is 0. The summed E-state index contributed by atoms with van der Waals surface area (Å²) in [6.07, 6.45) is 2.54. The molecule has 0 fully saturated rings. The number of esters is 1. The molecule has 1 aliphatic rings. The first-order chi connectivity index (χ1) is 13.8. The van der Waals surface area contributed by atoms with Crippen LogP contribution in [0.2, 0.25) is 0 Å². The summed E-state index contributed by atoms with van der Waals surface area (Å²) in [6.45, 7) is 5.77. The molecule has 10 heteroatoms. The number of carbonyl (C=O) groups excluding carboxylic acids is 3. The van der Waals surface area contributed by atoms with Gasteiger partial charge in [0.15, 0.2) is 6.10 Å². The number of thiophene rings is 1. The van der Waals surface area contributed by atoms with Crippen LogP contribution in [0.3, 0.4) is 0 Å². The van der Waals surface area contributed by atoms with Gasteiger partial charge in [-0.1, -0.05) is 6.42 Å². The lowest BCUT2D eigenvalue weighted by Gasteiger charge is -2.12. The summed E-state index contributed by atoms with van der Waals surface area (Å²) >= 11 is 1.09. The molecule has 156 valence electrons. The molecule has 0 aliphatic carbocycles. The lowest BCUT2D eigenvalue weighted by atomic mass is 10.2. The third-order valence-corrected chi connectivity index (χ3v) is 5.99. The molecule has 3 rings (SSSR count). The van der Waals surface area contributed by atoms with E-state index in [1.165, 1.54) is 6.92 Å². The summed E-state index contributed by atoms with van der Waals surface area (Å²) in [5, 5.41) is 4.95. The highest BCUT2D eigenvalue weighted by Crippen LogP contribution is 2.29. The van der Waals surface area contributed by atoms with Crippen LogP contribution >= 0.6 is 11.3 Å². The van der Waals surface area contributed by atoms with Gasteiger partial charge in [0.1, 0.15) is 15.5 Å². The number of imide groups is 1. The van der Waals surface area contributed by atoms with Gasteiger partial charge in [-0.25, -0.2) is 14.6 Å². The molecule has 0 radical (unpaired) electrons. The third-order valence-electron chi connectivity index (χ3n) is 4.82. The first kappa shape index (κ1) is 21.0. The Morgan fingerprint density at radius 2 is 2.03 bits per heavy atom. The monoisotopic (exact) mass is 420 g/mol. The fraction of sp³-hybridized carbons (Fsp3) is 0.526. The Balaban J connectivity index is 1.84. The minimum Gasteiger partial charge on any atom is -0.448 e. The van der Waals surface area contributed by atoms with Crippen molar-refractivity contribution in [3.05, 3.63) is 26.6 Å². The van der Waals surface area contributed by atoms with E-state index in [1.807, 2.05) is 0 Å². The number of nitrogens with one attached hydrogen (secondary N) is 2. The van der Waals surface area contributed by atoms with Crippen molar-refractivity contribution < 1.29 is 19.1 Å². The average Bonchev–Trinajstić information content (AvgIpc) is 2.84. The number of hydrogen-bond acceptors (Lipinski definition) is 7. The van der Waals surface area contributed by atoms with E-state index in [0.29, 0.717) is 28.9 Å². The summed E-state index contributed by atoms with van der Waals surface area (Å²) in [5.41, 5.74) is 0.366. The number of aromatic nitrogens is 2. The normalized spacial score (nSPS) is 14.6. The highest BCUT2D eigenvalue weighted by atomic mass is 32.1. The van der Waals surface area contributed by atoms with Crippen LogP contribution in [-0.4, -0.2) is 40.1 Å². The number of ether oxygens (including phenoxy) is 1. The van der Waals surface area contributed by atoms with Crippen LogP contribution in [0.5, 0.6) is 0 Å². The van der Waals surface area contributed by atoms with Gasteiger partial charge in [0, 0.05) is 19.5 Å². The topological polar surface area (TPSA) is 119 Å². The van der Waals surface area contributed by atoms with Crippen LogP contribution < -0.4 is 16.2 Å². The average molecular weight is 420 g/mol. The number of hydrogen-bond donors (Lipinski definition) is 2. The first-order valence-corrected chi connectivity index (χ1v) is 10.5. The number of amides is 3. The number of nitrogens with zero attached hydrogens (tertiary/aromatic N) is 2. The fourth-order valence-electron chi connectivity index (χ4n) is 3.29. The van der Waals surface area contributed by atoms with Gasteiger partial charge in [-0.3, -0.25) is 19.5 Å². The van der Waals surface area contributed by atoms with Gasteiger partial charge in [-0.15, -0.1) is 11.3 Å². The number of aryl methyl sites for hydroxylation is 2. The van der Waals surface area contributed by atoms with E-state index >= 15 is 0 Å². The summed E-state index contributed by atoms with van der Waals surface area (Å²) < 4.78 is 6.92. The van der Waals surface area contributed by atoms with Crippen LogP contribution in [0, 0.1) is 6.92 Å². The minimum absolute atomic E-state index is 0.137. The Labute approximate surface area is 171 Å². The van der Waals surface area contributed by atoms with Gasteiger partial charge in [0.25, 0.3) is 11.5 Å². The zero-order valence-electron chi connectivity index (χ0n) is 16.7. The quantitative estimate of drug-likeness (QED) is 0.729. The molecular weight excluding hydrogens is 396 g/mol. The Morgan fingerprint density at radius 3 is 2.76 bits per heavy atom. The maximum Gasteiger partial charge on any atom is 0.349 e. The number of carbonyl (C=O) groups is 3. The lowest BCUT2D eigenvalue weighted by molar-refractivity contribution is -0.127. The largest absolute Gasteiger partial charge is 0.448 e. The minimum atomic E-state index is -1.17. The molecule has 1 atom stereocenters. The van der Waals surface area contributed by atoms with E-state index < -0.39 is 24.0 Å². The maximum absolute atomic E-state index is 13.0. The second-order valence-corrected chi connectivity index (χ2v) is 7.93. The predicted molar refractivity (Wildman–Crippen MR) is 108 cm³/mol. The van der Waals surface area contributed by atoms with Crippen LogP contribution in [0.25, 0.3) is 10.2 Å². The van der Waals surface area contributed by atoms with E-state index in [9.17, 15) is 19.2 Å². The van der Waals surface area contributed by atoms with Crippen molar-refractivity contribution in [3.8, 4) is 0 Å². The second kappa shape index (κ2) is 8.73. The molecule has 0 aromatic carbocycles. The molecule has 0 unspecified atom stereocenters. The van der Waals surface area contributed by atoms with Gasteiger partial charge in [0.2, 0.25) is 0 Å². The van der Waals surface area contributed by atoms with Gasteiger partial charge >= 0.3 is 12.0 Å². The van der Waals surface area contributed by atoms with Crippen molar-refractivity contribution >= 4 is 39.5 Å². The predicted octanol–water partition coefficient (Wildman–Crippen LogP) is 1.88. The molecule has 2 aromatic heterocycles. The summed E-state index contributed by atoms with van der Waals surface area (Å²) in [5.74, 6) is -0.701. The molecule has 2 aromatic rings. The molecule has 3 amide bonds. The van der Waals surface area contributed by atoms with Gasteiger partial charge in [0.05, 0.1) is 5.39 Å². The van der Waals surface area contributed by atoms with Crippen LogP contribution in [0.1, 0.15) is 54.2 Å². The number of rotatable bonds is 4. The maximum atomic E-state index is 13.0. The third kappa shape index (κ3) is 4.31. The van der Waals surface area contributed by atoms with Gasteiger partial charge < -0.3 is 10.1 Å². The van der Waals surface area contributed by atoms with Crippen molar-refractivity contribution in [1.82, 2.24) is 20.2 Å². The molecule has 3 heterocycles. The van der Waals surface area contributed by atoms with Crippen molar-refractivity contribution in [1.29, 1.82) is 0 Å². The Morgan fingerprint density at radius 1 is 1.28 bits per heavy atom. The van der Waals surface area contributed by atoms with E-state index in [0.717, 1.165) is 42.8 Å². The Kier molecular flexibility index (Phi) is 6.31. The molecule has 0 bridgehead atoms. The zero-order chi connectivity index (χ0) is 21.1. The highest BCUT2D eigenvalue weighted by molar-refractivity contribution is 7.20. The Hall–Kier alpha value is -2.75. The molecule has 0 spiro atoms. The van der Waals surface area contributed by atoms with Crippen molar-refractivity contribution in [2.75, 3.05) is 6.54 Å². The molecule has 2 N–H and O–H groups in total. The number of fused-ring (bicyclic) bond motifs is 2.